The second-order valence-corrected chi connectivity index (χ2v) is 12.0. The van der Waals surface area contributed by atoms with Crippen LogP contribution in [0, 0.1) is 23.7 Å². The number of Topliss-reactive ketones (excluding diaryl/α,β-unsaturated/α-hetero) is 1. The number of anilines is 1. The van der Waals surface area contributed by atoms with Crippen LogP contribution in [0.25, 0.3) is 5.69 Å². The number of carbonyl (C=O) groups excluding carboxylic acids is 2. The molecule has 2 aromatic heterocycles. The van der Waals surface area contributed by atoms with Crippen LogP contribution in [0.2, 0.25) is 0 Å². The molecule has 3 aromatic rings. The number of rotatable bonds is 5. The van der Waals surface area contributed by atoms with Crippen molar-refractivity contribution in [2.75, 3.05) is 11.1 Å². The average molecular weight is 541 g/mol. The quantitative estimate of drug-likeness (QED) is 0.473. The number of hydrogen-bond acceptors (Lipinski definition) is 6. The van der Waals surface area contributed by atoms with Crippen LogP contribution in [0.1, 0.15) is 49.2 Å². The second kappa shape index (κ2) is 9.95. The molecular weight excluding hydrogens is 508 g/mol. The van der Waals surface area contributed by atoms with Crippen molar-refractivity contribution in [2.24, 2.45) is 23.8 Å². The van der Waals surface area contributed by atoms with Gasteiger partial charge in [-0.1, -0.05) is 32.0 Å². The van der Waals surface area contributed by atoms with Crippen molar-refractivity contribution < 1.29 is 22.6 Å². The van der Waals surface area contributed by atoms with Crippen molar-refractivity contribution in [2.45, 2.75) is 40.0 Å². The minimum absolute atomic E-state index is 0.0152. The van der Waals surface area contributed by atoms with Crippen molar-refractivity contribution in [3.8, 4) is 5.69 Å². The lowest BCUT2D eigenvalue weighted by atomic mass is 9.70. The second-order valence-electron chi connectivity index (χ2n) is 10.5. The summed E-state index contributed by atoms with van der Waals surface area (Å²) < 4.78 is 34.2. The van der Waals surface area contributed by atoms with Gasteiger partial charge in [0.2, 0.25) is 0 Å². The van der Waals surface area contributed by atoms with Gasteiger partial charge in [0, 0.05) is 25.9 Å². The van der Waals surface area contributed by atoms with E-state index in [1.165, 1.54) is 10.9 Å². The van der Waals surface area contributed by atoms with E-state index >= 15 is 0 Å². The summed E-state index contributed by atoms with van der Waals surface area (Å²) in [5.41, 5.74) is 0.701. The van der Waals surface area contributed by atoms with Crippen molar-refractivity contribution >= 4 is 27.5 Å². The maximum absolute atomic E-state index is 12.7. The summed E-state index contributed by atoms with van der Waals surface area (Å²) in [5, 5.41) is 2.69. The van der Waals surface area contributed by atoms with Gasteiger partial charge in [0.25, 0.3) is 21.6 Å². The predicted molar refractivity (Wildman–Crippen MR) is 143 cm³/mol. The van der Waals surface area contributed by atoms with Crippen molar-refractivity contribution in [3.63, 3.8) is 0 Å². The van der Waals surface area contributed by atoms with E-state index in [4.69, 9.17) is 4.55 Å². The van der Waals surface area contributed by atoms with Gasteiger partial charge >= 0.3 is 0 Å². The van der Waals surface area contributed by atoms with E-state index in [9.17, 15) is 22.8 Å². The van der Waals surface area contributed by atoms with Crippen LogP contribution >= 0.6 is 0 Å². The van der Waals surface area contributed by atoms with Crippen LogP contribution < -0.4 is 10.9 Å². The van der Waals surface area contributed by atoms with E-state index < -0.39 is 21.3 Å². The zero-order chi connectivity index (χ0) is 27.9. The highest BCUT2D eigenvalue weighted by Gasteiger charge is 2.65. The lowest BCUT2D eigenvalue weighted by Gasteiger charge is -2.35. The number of fused-ring (bicyclic) bond motifs is 2. The monoisotopic (exact) mass is 540 g/mol. The number of carbonyl (C=O) groups is 2. The van der Waals surface area contributed by atoms with Crippen LogP contribution in [-0.4, -0.2) is 44.8 Å². The lowest BCUT2D eigenvalue weighted by Crippen LogP contribution is -2.42. The van der Waals surface area contributed by atoms with E-state index in [2.05, 4.69) is 10.3 Å². The van der Waals surface area contributed by atoms with Gasteiger partial charge in [-0.3, -0.25) is 28.6 Å². The molecule has 0 spiro atoms. The smallest absolute Gasteiger partial charge is 0.295 e. The standard InChI is InChI=1S/C17H16N4O2.C10H16O4S/c1-12-15(19-16(22)13-7-6-10-18-11-13)17(23)21(20(12)2)14-8-4-3-5-9-14;1-9(2)7-3-4-10(9,8(11)5-7)6-15(12,13)14/h3-11H,1-2H3,(H,19,22);7H,3-6H2,1-2H3,(H,12,13,14)/t;7-,10-/m.1/s1. The molecule has 0 aliphatic heterocycles. The zero-order valence-electron chi connectivity index (χ0n) is 21.8. The fraction of sp³-hybridized carbons (Fsp3) is 0.407. The Labute approximate surface area is 221 Å². The Morgan fingerprint density at radius 1 is 1.16 bits per heavy atom. The zero-order valence-corrected chi connectivity index (χ0v) is 22.7. The molecule has 2 heterocycles. The van der Waals surface area contributed by atoms with Crippen molar-refractivity contribution in [3.05, 3.63) is 76.5 Å². The number of aromatic nitrogens is 3. The SMILES string of the molecule is CC1(C)[C@@H]2CC[C@@]1(CS(=O)(=O)O)C(=O)C2.Cc1c(NC(=O)c2cccnc2)c(=O)n(-c2ccccc2)n1C. The Kier molecular flexibility index (Phi) is 7.19. The average Bonchev–Trinajstić information content (AvgIpc) is 3.31. The number of amides is 1. The summed E-state index contributed by atoms with van der Waals surface area (Å²) in [7, 11) is -2.29. The number of pyridine rings is 1. The molecule has 2 bridgehead atoms. The van der Waals surface area contributed by atoms with Gasteiger partial charge in [-0.2, -0.15) is 8.42 Å². The van der Waals surface area contributed by atoms with Crippen LogP contribution in [0.5, 0.6) is 0 Å². The molecule has 0 saturated heterocycles. The molecule has 2 saturated carbocycles. The van der Waals surface area contributed by atoms with Crippen LogP contribution in [0.15, 0.2) is 59.7 Å². The summed E-state index contributed by atoms with van der Waals surface area (Å²) in [4.78, 5) is 40.7. The van der Waals surface area contributed by atoms with Gasteiger partial charge in [0.1, 0.15) is 11.5 Å². The van der Waals surface area contributed by atoms with Gasteiger partial charge in [-0.05, 0) is 55.4 Å². The summed E-state index contributed by atoms with van der Waals surface area (Å²) >= 11 is 0. The molecular formula is C27H32N4O6S. The molecule has 5 rings (SSSR count). The molecule has 0 unspecified atom stereocenters. The third-order valence-corrected chi connectivity index (χ3v) is 9.14. The molecule has 0 radical (unpaired) electrons. The van der Waals surface area contributed by atoms with E-state index in [1.54, 1.807) is 37.0 Å². The Bertz CT molecular complexity index is 1530. The first-order chi connectivity index (χ1) is 17.8. The largest absolute Gasteiger partial charge is 0.316 e. The molecule has 2 fully saturated rings. The molecule has 2 aliphatic carbocycles. The van der Waals surface area contributed by atoms with E-state index in [0.29, 0.717) is 24.1 Å². The summed E-state index contributed by atoms with van der Waals surface area (Å²) in [6, 6.07) is 12.6. The lowest BCUT2D eigenvalue weighted by molar-refractivity contribution is -0.128. The minimum Gasteiger partial charge on any atom is -0.316 e. The third kappa shape index (κ3) is 4.83. The minimum atomic E-state index is -4.08. The molecule has 2 aliphatic rings. The summed E-state index contributed by atoms with van der Waals surface area (Å²) in [6.45, 7) is 5.68. The number of ketones is 1. The maximum Gasteiger partial charge on any atom is 0.295 e. The molecule has 202 valence electrons. The van der Waals surface area contributed by atoms with Crippen molar-refractivity contribution in [1.82, 2.24) is 14.3 Å². The van der Waals surface area contributed by atoms with E-state index in [-0.39, 0.29) is 34.3 Å². The number of nitrogens with one attached hydrogen (secondary N) is 1. The number of hydrogen-bond donors (Lipinski definition) is 2. The Morgan fingerprint density at radius 2 is 1.84 bits per heavy atom. The van der Waals surface area contributed by atoms with E-state index in [1.807, 2.05) is 44.2 Å². The first-order valence-electron chi connectivity index (χ1n) is 12.3. The van der Waals surface area contributed by atoms with Gasteiger partial charge in [0.05, 0.1) is 28.1 Å². The van der Waals surface area contributed by atoms with Gasteiger partial charge < -0.3 is 5.32 Å². The van der Waals surface area contributed by atoms with Crippen LogP contribution in [0.3, 0.4) is 0 Å². The number of nitrogens with zero attached hydrogens (tertiary/aromatic N) is 3. The van der Waals surface area contributed by atoms with E-state index in [0.717, 1.165) is 12.1 Å². The summed E-state index contributed by atoms with van der Waals surface area (Å²) in [5.74, 6) is -0.459. The van der Waals surface area contributed by atoms with Gasteiger partial charge in [-0.25, -0.2) is 4.68 Å². The molecule has 2 atom stereocenters. The highest BCUT2D eigenvalue weighted by atomic mass is 32.2. The fourth-order valence-corrected chi connectivity index (χ4v) is 7.11. The van der Waals surface area contributed by atoms with Gasteiger partial charge in [0.15, 0.2) is 0 Å². The molecule has 10 nitrogen and oxygen atoms in total. The molecule has 2 N–H and O–H groups in total. The third-order valence-electron chi connectivity index (χ3n) is 8.28. The van der Waals surface area contributed by atoms with Gasteiger partial charge in [-0.15, -0.1) is 0 Å². The first kappa shape index (κ1) is 27.5. The van der Waals surface area contributed by atoms with Crippen LogP contribution in [0.4, 0.5) is 5.69 Å². The molecule has 11 heteroatoms. The normalized spacial score (nSPS) is 21.6. The number of para-hydroxylation sites is 1. The van der Waals surface area contributed by atoms with Crippen LogP contribution in [-0.2, 0) is 22.0 Å². The molecule has 1 amide bonds. The highest BCUT2D eigenvalue weighted by molar-refractivity contribution is 7.85. The number of benzene rings is 1. The Balaban J connectivity index is 0.000000194. The molecule has 1 aromatic carbocycles. The Morgan fingerprint density at radius 3 is 2.37 bits per heavy atom. The fourth-order valence-electron chi connectivity index (χ4n) is 5.81. The first-order valence-corrected chi connectivity index (χ1v) is 13.9. The maximum atomic E-state index is 12.7. The topological polar surface area (TPSA) is 140 Å². The summed E-state index contributed by atoms with van der Waals surface area (Å²) in [6.07, 6.45) is 5.02. The predicted octanol–water partition coefficient (Wildman–Crippen LogP) is 3.40. The highest BCUT2D eigenvalue weighted by Crippen LogP contribution is 2.64. The Hall–Kier alpha value is -3.57. The molecule has 38 heavy (non-hydrogen) atoms. The van der Waals surface area contributed by atoms with Crippen molar-refractivity contribution in [1.29, 1.82) is 0 Å².